The first-order valence-corrected chi connectivity index (χ1v) is 9.59. The summed E-state index contributed by atoms with van der Waals surface area (Å²) in [6.45, 7) is 0. The fraction of sp³-hybridized carbons (Fsp3) is 0. The minimum Gasteiger partial charge on any atom is -0.309 e. The Morgan fingerprint density at radius 1 is 0.710 bits per heavy atom. The van der Waals surface area contributed by atoms with Crippen LogP contribution in [0.3, 0.4) is 0 Å². The van der Waals surface area contributed by atoms with E-state index in [0.717, 1.165) is 33.1 Å². The van der Waals surface area contributed by atoms with Gasteiger partial charge in [-0.05, 0) is 36.4 Å². The summed E-state index contributed by atoms with van der Waals surface area (Å²) < 4.78 is 2.11. The molecule has 2 aromatic heterocycles. The van der Waals surface area contributed by atoms with E-state index in [4.69, 9.17) is 0 Å². The number of aromatic nitrogens is 2. The second kappa shape index (κ2) is 7.16. The maximum absolute atomic E-state index is 9.70. The van der Waals surface area contributed by atoms with Crippen molar-refractivity contribution in [3.8, 4) is 35.0 Å². The van der Waals surface area contributed by atoms with E-state index in [-0.39, 0.29) is 5.69 Å². The fourth-order valence-electron chi connectivity index (χ4n) is 4.09. The smallest absolute Gasteiger partial charge is 0.149 e. The Morgan fingerprint density at radius 3 is 2.29 bits per heavy atom. The van der Waals surface area contributed by atoms with E-state index in [1.165, 1.54) is 6.20 Å². The SMILES string of the molecule is N#Cc1ccc2c(c1)c1ccccc1n2-c1ccccc1-c1c(C#N)ccnc1C#N. The summed E-state index contributed by atoms with van der Waals surface area (Å²) in [5, 5.41) is 30.7. The molecule has 3 aromatic carbocycles. The van der Waals surface area contributed by atoms with Gasteiger partial charge in [0.15, 0.2) is 0 Å². The Balaban J connectivity index is 1.94. The highest BCUT2D eigenvalue weighted by atomic mass is 15.0. The molecule has 0 aliphatic carbocycles. The van der Waals surface area contributed by atoms with E-state index in [9.17, 15) is 15.8 Å². The third-order valence-electron chi connectivity index (χ3n) is 5.39. The number of nitrogens with zero attached hydrogens (tertiary/aromatic N) is 5. The molecule has 0 radical (unpaired) electrons. The molecule has 0 spiro atoms. The Bertz CT molecular complexity index is 1590. The van der Waals surface area contributed by atoms with Gasteiger partial charge >= 0.3 is 0 Å². The molecule has 5 heteroatoms. The second-order valence-corrected chi connectivity index (χ2v) is 7.02. The summed E-state index contributed by atoms with van der Waals surface area (Å²) in [5.74, 6) is 0. The van der Waals surface area contributed by atoms with Gasteiger partial charge in [0.2, 0.25) is 0 Å². The first-order chi connectivity index (χ1) is 15.3. The van der Waals surface area contributed by atoms with Crippen LogP contribution in [-0.2, 0) is 0 Å². The zero-order valence-corrected chi connectivity index (χ0v) is 16.2. The number of nitriles is 3. The van der Waals surface area contributed by atoms with E-state index >= 15 is 0 Å². The Morgan fingerprint density at radius 2 is 1.48 bits per heavy atom. The number of rotatable bonds is 2. The van der Waals surface area contributed by atoms with Crippen molar-refractivity contribution in [1.82, 2.24) is 9.55 Å². The Labute approximate surface area is 178 Å². The average Bonchev–Trinajstić information content (AvgIpc) is 3.17. The van der Waals surface area contributed by atoms with Crippen LogP contribution in [-0.4, -0.2) is 9.55 Å². The normalized spacial score (nSPS) is 10.5. The molecule has 0 fully saturated rings. The minimum absolute atomic E-state index is 0.207. The third kappa shape index (κ3) is 2.72. The van der Waals surface area contributed by atoms with E-state index in [1.54, 1.807) is 12.1 Å². The molecular formula is C26H13N5. The monoisotopic (exact) mass is 395 g/mol. The second-order valence-electron chi connectivity index (χ2n) is 7.02. The maximum Gasteiger partial charge on any atom is 0.149 e. The van der Waals surface area contributed by atoms with Gasteiger partial charge in [0.05, 0.1) is 40.0 Å². The fourth-order valence-corrected chi connectivity index (χ4v) is 4.09. The van der Waals surface area contributed by atoms with E-state index in [1.807, 2.05) is 60.7 Å². The van der Waals surface area contributed by atoms with Crippen LogP contribution in [0.5, 0.6) is 0 Å². The van der Waals surface area contributed by atoms with Crippen LogP contribution >= 0.6 is 0 Å². The van der Waals surface area contributed by atoms with Gasteiger partial charge in [-0.1, -0.05) is 36.4 Å². The van der Waals surface area contributed by atoms with Crippen molar-refractivity contribution < 1.29 is 0 Å². The number of hydrogen-bond acceptors (Lipinski definition) is 4. The van der Waals surface area contributed by atoms with Crippen LogP contribution in [0.15, 0.2) is 79.0 Å². The predicted molar refractivity (Wildman–Crippen MR) is 118 cm³/mol. The van der Waals surface area contributed by atoms with Crippen molar-refractivity contribution in [3.63, 3.8) is 0 Å². The molecule has 31 heavy (non-hydrogen) atoms. The van der Waals surface area contributed by atoms with Crippen LogP contribution in [0.1, 0.15) is 16.8 Å². The summed E-state index contributed by atoms with van der Waals surface area (Å²) in [6.07, 6.45) is 1.48. The van der Waals surface area contributed by atoms with Crippen LogP contribution in [0, 0.1) is 34.0 Å². The first-order valence-electron chi connectivity index (χ1n) is 9.59. The maximum atomic E-state index is 9.70. The lowest BCUT2D eigenvalue weighted by atomic mass is 9.97. The van der Waals surface area contributed by atoms with E-state index < -0.39 is 0 Å². The molecule has 142 valence electrons. The van der Waals surface area contributed by atoms with Crippen molar-refractivity contribution in [3.05, 3.63) is 95.8 Å². The van der Waals surface area contributed by atoms with Gasteiger partial charge in [-0.2, -0.15) is 15.8 Å². The third-order valence-corrected chi connectivity index (χ3v) is 5.39. The molecule has 0 atom stereocenters. The molecule has 0 unspecified atom stereocenters. The van der Waals surface area contributed by atoms with Gasteiger partial charge in [-0.15, -0.1) is 0 Å². The first kappa shape index (κ1) is 18.1. The molecule has 5 aromatic rings. The molecule has 2 heterocycles. The number of benzene rings is 3. The highest BCUT2D eigenvalue weighted by Crippen LogP contribution is 2.37. The van der Waals surface area contributed by atoms with E-state index in [0.29, 0.717) is 16.7 Å². The van der Waals surface area contributed by atoms with Gasteiger partial charge in [0, 0.05) is 28.1 Å². The zero-order chi connectivity index (χ0) is 21.4. The molecule has 0 aliphatic heterocycles. The van der Waals surface area contributed by atoms with Gasteiger partial charge in [0.1, 0.15) is 11.8 Å². The zero-order valence-electron chi connectivity index (χ0n) is 16.2. The van der Waals surface area contributed by atoms with Gasteiger partial charge in [0.25, 0.3) is 0 Å². The summed E-state index contributed by atoms with van der Waals surface area (Å²) in [5.41, 5.74) is 5.20. The van der Waals surface area contributed by atoms with Crippen LogP contribution in [0.2, 0.25) is 0 Å². The molecule has 0 amide bonds. The van der Waals surface area contributed by atoms with Crippen molar-refractivity contribution in [2.75, 3.05) is 0 Å². The van der Waals surface area contributed by atoms with Gasteiger partial charge in [-0.3, -0.25) is 0 Å². The lowest BCUT2D eigenvalue weighted by Gasteiger charge is -2.15. The topological polar surface area (TPSA) is 89.2 Å². The molecule has 0 saturated heterocycles. The molecule has 0 aliphatic rings. The Hall–Kier alpha value is -4.92. The molecule has 0 N–H and O–H groups in total. The lowest BCUT2D eigenvalue weighted by Crippen LogP contribution is -2.00. The number of fused-ring (bicyclic) bond motifs is 3. The predicted octanol–water partition coefficient (Wildman–Crippen LogP) is 5.46. The standard InChI is InChI=1S/C26H13N5/c27-14-17-9-10-25-21(13-17)19-5-1-3-7-23(19)31(25)24-8-4-2-6-20(24)26-18(15-28)11-12-30-22(26)16-29/h1-13H. The van der Waals surface area contributed by atoms with Gasteiger partial charge in [-0.25, -0.2) is 4.98 Å². The van der Waals surface area contributed by atoms with Crippen molar-refractivity contribution in [2.45, 2.75) is 0 Å². The number of hydrogen-bond donors (Lipinski definition) is 0. The van der Waals surface area contributed by atoms with Gasteiger partial charge < -0.3 is 4.57 Å². The quantitative estimate of drug-likeness (QED) is 0.397. The van der Waals surface area contributed by atoms with Crippen LogP contribution in [0.25, 0.3) is 38.6 Å². The highest BCUT2D eigenvalue weighted by Gasteiger charge is 2.19. The van der Waals surface area contributed by atoms with Crippen molar-refractivity contribution >= 4 is 21.8 Å². The van der Waals surface area contributed by atoms with Crippen molar-refractivity contribution in [1.29, 1.82) is 15.8 Å². The largest absolute Gasteiger partial charge is 0.309 e. The van der Waals surface area contributed by atoms with Crippen LogP contribution < -0.4 is 0 Å². The average molecular weight is 395 g/mol. The number of pyridine rings is 1. The summed E-state index contributed by atoms with van der Waals surface area (Å²) in [7, 11) is 0. The highest BCUT2D eigenvalue weighted by molar-refractivity contribution is 6.10. The summed E-state index contributed by atoms with van der Waals surface area (Å²) in [6, 6.07) is 29.5. The molecule has 5 nitrogen and oxygen atoms in total. The summed E-state index contributed by atoms with van der Waals surface area (Å²) in [4.78, 5) is 4.19. The number of para-hydroxylation sites is 2. The summed E-state index contributed by atoms with van der Waals surface area (Å²) >= 11 is 0. The Kier molecular flexibility index (Phi) is 4.19. The molecular weight excluding hydrogens is 382 g/mol. The van der Waals surface area contributed by atoms with E-state index in [2.05, 4.69) is 27.8 Å². The lowest BCUT2D eigenvalue weighted by molar-refractivity contribution is 1.17. The minimum atomic E-state index is 0.207. The van der Waals surface area contributed by atoms with Crippen molar-refractivity contribution in [2.24, 2.45) is 0 Å². The molecule has 0 bridgehead atoms. The van der Waals surface area contributed by atoms with Crippen LogP contribution in [0.4, 0.5) is 0 Å². The molecule has 0 saturated carbocycles. The molecule has 5 rings (SSSR count).